The minimum atomic E-state index is -1.96. The van der Waals surface area contributed by atoms with E-state index in [1.165, 1.54) is 19.1 Å². The van der Waals surface area contributed by atoms with Gasteiger partial charge < -0.3 is 19.5 Å². The molecule has 0 radical (unpaired) electrons. The van der Waals surface area contributed by atoms with Gasteiger partial charge in [0.25, 0.3) is 5.91 Å². The Labute approximate surface area is 192 Å². The van der Waals surface area contributed by atoms with E-state index in [0.717, 1.165) is 5.56 Å². The van der Waals surface area contributed by atoms with Crippen molar-refractivity contribution in [3.63, 3.8) is 0 Å². The molecule has 168 valence electrons. The molecule has 4 rings (SSSR count). The number of nitrogens with zero attached hydrogens (tertiary/aromatic N) is 1. The number of amides is 1. The SMILES string of the molecule is COc1ccc(C(=O)C[C@@]2(O)C(=O)N(C/C=C/c3ccccc3)c3ccccc32)c(OC)c1. The first kappa shape index (κ1) is 22.3. The van der Waals surface area contributed by atoms with Crippen LogP contribution in [0.25, 0.3) is 6.08 Å². The second-order valence-electron chi connectivity index (χ2n) is 7.77. The number of ether oxygens (including phenoxy) is 2. The molecule has 6 heteroatoms. The third kappa shape index (κ3) is 4.25. The lowest BCUT2D eigenvalue weighted by atomic mass is 9.88. The number of fused-ring (bicyclic) bond motifs is 1. The molecular weight excluding hydrogens is 418 g/mol. The highest BCUT2D eigenvalue weighted by atomic mass is 16.5. The van der Waals surface area contributed by atoms with E-state index in [9.17, 15) is 14.7 Å². The quantitative estimate of drug-likeness (QED) is 0.528. The summed E-state index contributed by atoms with van der Waals surface area (Å²) in [4.78, 5) is 28.1. The Bertz CT molecular complexity index is 1200. The summed E-state index contributed by atoms with van der Waals surface area (Å²) in [6, 6.07) is 21.6. The van der Waals surface area contributed by atoms with Gasteiger partial charge in [-0.3, -0.25) is 9.59 Å². The molecule has 1 aliphatic rings. The van der Waals surface area contributed by atoms with Crippen molar-refractivity contribution in [3.8, 4) is 11.5 Å². The highest BCUT2D eigenvalue weighted by Crippen LogP contribution is 2.43. The fourth-order valence-corrected chi connectivity index (χ4v) is 4.07. The summed E-state index contributed by atoms with van der Waals surface area (Å²) in [5, 5.41) is 11.5. The van der Waals surface area contributed by atoms with Crippen molar-refractivity contribution >= 4 is 23.5 Å². The summed E-state index contributed by atoms with van der Waals surface area (Å²) in [7, 11) is 2.98. The van der Waals surface area contributed by atoms with Gasteiger partial charge in [-0.25, -0.2) is 0 Å². The Morgan fingerprint density at radius 3 is 2.45 bits per heavy atom. The van der Waals surface area contributed by atoms with Crippen LogP contribution in [0.15, 0.2) is 78.9 Å². The van der Waals surface area contributed by atoms with Crippen molar-refractivity contribution < 1.29 is 24.2 Å². The maximum Gasteiger partial charge on any atom is 0.264 e. The summed E-state index contributed by atoms with van der Waals surface area (Å²) in [5.74, 6) is -0.0609. The van der Waals surface area contributed by atoms with Crippen molar-refractivity contribution in [1.82, 2.24) is 0 Å². The van der Waals surface area contributed by atoms with Gasteiger partial charge in [0, 0.05) is 18.2 Å². The van der Waals surface area contributed by atoms with E-state index in [1.807, 2.05) is 42.5 Å². The number of benzene rings is 3. The van der Waals surface area contributed by atoms with E-state index < -0.39 is 23.7 Å². The molecule has 1 aliphatic heterocycles. The summed E-state index contributed by atoms with van der Waals surface area (Å²) in [5.41, 5.74) is 0.342. The van der Waals surface area contributed by atoms with Crippen molar-refractivity contribution in [3.05, 3.63) is 95.6 Å². The summed E-state index contributed by atoms with van der Waals surface area (Å²) in [6.45, 7) is 0.271. The smallest absolute Gasteiger partial charge is 0.264 e. The van der Waals surface area contributed by atoms with Crippen LogP contribution >= 0.6 is 0 Å². The van der Waals surface area contributed by atoms with Crippen LogP contribution in [0.4, 0.5) is 5.69 Å². The van der Waals surface area contributed by atoms with Gasteiger partial charge in [-0.2, -0.15) is 0 Å². The van der Waals surface area contributed by atoms with Crippen LogP contribution in [0, 0.1) is 0 Å². The number of carbonyl (C=O) groups is 2. The van der Waals surface area contributed by atoms with Crippen LogP contribution in [-0.2, 0) is 10.4 Å². The monoisotopic (exact) mass is 443 g/mol. The molecule has 0 saturated heterocycles. The van der Waals surface area contributed by atoms with Gasteiger partial charge in [-0.15, -0.1) is 0 Å². The van der Waals surface area contributed by atoms with Crippen LogP contribution in [0.3, 0.4) is 0 Å². The fourth-order valence-electron chi connectivity index (χ4n) is 4.07. The lowest BCUT2D eigenvalue weighted by Crippen LogP contribution is -2.42. The van der Waals surface area contributed by atoms with Gasteiger partial charge in [0.2, 0.25) is 0 Å². The second kappa shape index (κ2) is 9.30. The van der Waals surface area contributed by atoms with Crippen LogP contribution < -0.4 is 14.4 Å². The number of methoxy groups -OCH3 is 2. The maximum absolute atomic E-state index is 13.4. The Balaban J connectivity index is 1.61. The van der Waals surface area contributed by atoms with Crippen LogP contribution in [0.1, 0.15) is 27.9 Å². The third-order valence-corrected chi connectivity index (χ3v) is 5.76. The van der Waals surface area contributed by atoms with Crippen molar-refractivity contribution in [2.75, 3.05) is 25.7 Å². The normalized spacial score (nSPS) is 17.3. The summed E-state index contributed by atoms with van der Waals surface area (Å²) < 4.78 is 10.5. The highest BCUT2D eigenvalue weighted by molar-refractivity contribution is 6.11. The topological polar surface area (TPSA) is 76.1 Å². The Hall–Kier alpha value is -3.90. The molecule has 0 bridgehead atoms. The zero-order valence-corrected chi connectivity index (χ0v) is 18.5. The predicted octanol–water partition coefficient (Wildman–Crippen LogP) is 4.22. The number of carbonyl (C=O) groups excluding carboxylic acids is 2. The van der Waals surface area contributed by atoms with Crippen molar-refractivity contribution in [2.45, 2.75) is 12.0 Å². The molecule has 0 unspecified atom stereocenters. The number of anilines is 1. The van der Waals surface area contributed by atoms with Crippen molar-refractivity contribution in [1.29, 1.82) is 0 Å². The Morgan fingerprint density at radius 2 is 1.73 bits per heavy atom. The lowest BCUT2D eigenvalue weighted by Gasteiger charge is -2.22. The van der Waals surface area contributed by atoms with Crippen LogP contribution in [0.2, 0.25) is 0 Å². The molecule has 33 heavy (non-hydrogen) atoms. The molecule has 3 aromatic carbocycles. The molecule has 0 saturated carbocycles. The second-order valence-corrected chi connectivity index (χ2v) is 7.77. The van der Waals surface area contributed by atoms with Crippen LogP contribution in [0.5, 0.6) is 11.5 Å². The van der Waals surface area contributed by atoms with Gasteiger partial charge >= 0.3 is 0 Å². The average molecular weight is 443 g/mol. The van der Waals surface area contributed by atoms with Crippen molar-refractivity contribution in [2.24, 2.45) is 0 Å². The van der Waals surface area contributed by atoms with Gasteiger partial charge in [-0.1, -0.05) is 60.7 Å². The fraction of sp³-hybridized carbons (Fsp3) is 0.185. The molecule has 6 nitrogen and oxygen atoms in total. The molecule has 0 aliphatic carbocycles. The first-order valence-electron chi connectivity index (χ1n) is 10.6. The Morgan fingerprint density at radius 1 is 1.00 bits per heavy atom. The van der Waals surface area contributed by atoms with E-state index in [1.54, 1.807) is 42.5 Å². The summed E-state index contributed by atoms with van der Waals surface area (Å²) >= 11 is 0. The largest absolute Gasteiger partial charge is 0.497 e. The average Bonchev–Trinajstić information content (AvgIpc) is 3.06. The Kier molecular flexibility index (Phi) is 6.29. The molecule has 0 fully saturated rings. The summed E-state index contributed by atoms with van der Waals surface area (Å²) in [6.07, 6.45) is 3.38. The van der Waals surface area contributed by atoms with E-state index in [2.05, 4.69) is 0 Å². The number of hydrogen-bond donors (Lipinski definition) is 1. The van der Waals surface area contributed by atoms with Gasteiger partial charge in [-0.05, 0) is 23.8 Å². The lowest BCUT2D eigenvalue weighted by molar-refractivity contribution is -0.135. The molecule has 1 amide bonds. The van der Waals surface area contributed by atoms with E-state index in [4.69, 9.17) is 9.47 Å². The molecular formula is C27H25NO5. The van der Waals surface area contributed by atoms with Crippen LogP contribution in [-0.4, -0.2) is 37.6 Å². The first-order valence-corrected chi connectivity index (χ1v) is 10.6. The number of aliphatic hydroxyl groups is 1. The zero-order valence-electron chi connectivity index (χ0n) is 18.5. The first-order chi connectivity index (χ1) is 16.0. The number of ketones is 1. The third-order valence-electron chi connectivity index (χ3n) is 5.76. The molecule has 3 aromatic rings. The number of hydrogen-bond acceptors (Lipinski definition) is 5. The molecule has 1 heterocycles. The van der Waals surface area contributed by atoms with Gasteiger partial charge in [0.1, 0.15) is 11.5 Å². The molecule has 0 aromatic heterocycles. The van der Waals surface area contributed by atoms with Gasteiger partial charge in [0.05, 0.1) is 31.9 Å². The number of para-hydroxylation sites is 1. The predicted molar refractivity (Wildman–Crippen MR) is 127 cm³/mol. The van der Waals surface area contributed by atoms with E-state index >= 15 is 0 Å². The minimum absolute atomic E-state index is 0.271. The maximum atomic E-state index is 13.4. The molecule has 1 atom stereocenters. The van der Waals surface area contributed by atoms with E-state index in [0.29, 0.717) is 22.7 Å². The van der Waals surface area contributed by atoms with Gasteiger partial charge in [0.15, 0.2) is 11.4 Å². The molecule has 1 N–H and O–H groups in total. The minimum Gasteiger partial charge on any atom is -0.497 e. The standard InChI is InChI=1S/C27H25NO5/c1-32-20-14-15-21(25(17-20)33-2)24(29)18-27(31)22-12-6-7-13-23(22)28(26(27)30)16-8-11-19-9-4-3-5-10-19/h3-15,17,31H,16,18H2,1-2H3/b11-8+/t27-/m0/s1. The zero-order chi connectivity index (χ0) is 23.4. The highest BCUT2D eigenvalue weighted by Gasteiger charge is 2.50. The van der Waals surface area contributed by atoms with E-state index in [-0.39, 0.29) is 12.1 Å². The number of Topliss-reactive ketones (excluding diaryl/α,β-unsaturated/α-hetero) is 1. The number of rotatable bonds is 8. The molecule has 0 spiro atoms.